The number of carbonyl (C=O) groups is 1. The molecular weight excluding hydrogens is 245 g/mol. The van der Waals surface area contributed by atoms with Crippen LogP contribution in [0.25, 0.3) is 0 Å². The van der Waals surface area contributed by atoms with E-state index in [0.29, 0.717) is 0 Å². The Morgan fingerprint density at radius 2 is 1.20 bits per heavy atom. The van der Waals surface area contributed by atoms with Gasteiger partial charge in [0.15, 0.2) is 0 Å². The predicted octanol–water partition coefficient (Wildman–Crippen LogP) is 0.351. The van der Waals surface area contributed by atoms with Crippen LogP contribution in [0.2, 0.25) is 0 Å². The van der Waals surface area contributed by atoms with Gasteiger partial charge < -0.3 is 0 Å². The van der Waals surface area contributed by atoms with Crippen LogP contribution in [0, 0.1) is 0 Å². The van der Waals surface area contributed by atoms with Crippen molar-refractivity contribution in [2.24, 2.45) is 0 Å². The second-order valence-electron chi connectivity index (χ2n) is 3.82. The van der Waals surface area contributed by atoms with Gasteiger partial charge >= 0.3 is 94.5 Å². The zero-order valence-electron chi connectivity index (χ0n) is 8.23. The van der Waals surface area contributed by atoms with Crippen LogP contribution in [0.4, 0.5) is 0 Å². The van der Waals surface area contributed by atoms with Gasteiger partial charge in [0.05, 0.1) is 0 Å². The van der Waals surface area contributed by atoms with Gasteiger partial charge in [-0.1, -0.05) is 0 Å². The summed E-state index contributed by atoms with van der Waals surface area (Å²) in [6.45, 7) is 0. The van der Waals surface area contributed by atoms with Crippen LogP contribution >= 0.6 is 0 Å². The van der Waals surface area contributed by atoms with Crippen molar-refractivity contribution in [2.75, 3.05) is 0 Å². The van der Waals surface area contributed by atoms with Crippen LogP contribution in [-0.4, -0.2) is 21.2 Å². The van der Waals surface area contributed by atoms with Crippen molar-refractivity contribution in [3.63, 3.8) is 0 Å². The van der Waals surface area contributed by atoms with E-state index in [1.165, 1.54) is 8.79 Å². The number of hydrogen-bond acceptors (Lipinski definition) is 1. The quantitative estimate of drug-likeness (QED) is 0.530. The molecule has 0 N–H and O–H groups in total. The fraction of sp³-hybridized carbons (Fsp3) is 0. The summed E-state index contributed by atoms with van der Waals surface area (Å²) in [6, 6.07) is 16.1. The van der Waals surface area contributed by atoms with Gasteiger partial charge in [-0.05, 0) is 0 Å². The van der Waals surface area contributed by atoms with Crippen molar-refractivity contribution in [3.8, 4) is 0 Å². The summed E-state index contributed by atoms with van der Waals surface area (Å²) in [7, 11) is 0. The zero-order valence-corrected chi connectivity index (χ0v) is 11.2. The minimum absolute atomic E-state index is 0.207. The number of carbonyl (C=O) groups excluding carboxylic acids is 1. The van der Waals surface area contributed by atoms with E-state index in [2.05, 4.69) is 12.1 Å². The zero-order chi connectivity index (χ0) is 10.3. The summed E-state index contributed by atoms with van der Waals surface area (Å²) in [6.07, 6.45) is 0. The molecule has 0 fully saturated rings. The average Bonchev–Trinajstić information content (AvgIpc) is 2.30. The molecule has 0 saturated heterocycles. The molecule has 1 aliphatic heterocycles. The Morgan fingerprint density at radius 1 is 0.733 bits per heavy atom. The summed E-state index contributed by atoms with van der Waals surface area (Å²) in [5.41, 5.74) is 1.88. The van der Waals surface area contributed by atoms with Gasteiger partial charge in [-0.15, -0.1) is 0 Å². The summed E-state index contributed by atoms with van der Waals surface area (Å²) in [5, 5.41) is 0. The molecule has 0 bridgehead atoms. The molecule has 2 aromatic rings. The normalized spacial score (nSPS) is 13.2. The number of benzene rings is 2. The monoisotopic (exact) mass is 256 g/mol. The maximum absolute atomic E-state index is 12.1. The van der Waals surface area contributed by atoms with Crippen molar-refractivity contribution in [1.29, 1.82) is 0 Å². The summed E-state index contributed by atoms with van der Waals surface area (Å²) in [4.78, 5) is 12.1. The van der Waals surface area contributed by atoms with Crippen LogP contribution < -0.4 is 8.79 Å². The third kappa shape index (κ3) is 1.35. The summed E-state index contributed by atoms with van der Waals surface area (Å²) < 4.78 is 2.66. The second kappa shape index (κ2) is 3.35. The number of ketones is 1. The number of fused-ring (bicyclic) bond motifs is 2. The van der Waals surface area contributed by atoms with Crippen LogP contribution in [0.5, 0.6) is 0 Å². The molecule has 3 rings (SSSR count). The Bertz CT molecular complexity index is 498. The molecule has 0 aliphatic carbocycles. The molecule has 72 valence electrons. The van der Waals surface area contributed by atoms with Gasteiger partial charge in [-0.3, -0.25) is 0 Å². The number of hydrogen-bond donors (Lipinski definition) is 0. The fourth-order valence-electron chi connectivity index (χ4n) is 2.14. The van der Waals surface area contributed by atoms with E-state index in [1.807, 2.05) is 36.4 Å². The van der Waals surface area contributed by atoms with Gasteiger partial charge in [-0.2, -0.15) is 0 Å². The molecule has 0 atom stereocenters. The molecule has 15 heavy (non-hydrogen) atoms. The average molecular weight is 255 g/mol. The van der Waals surface area contributed by atoms with Gasteiger partial charge in [0, 0.05) is 0 Å². The first-order valence-corrected chi connectivity index (χ1v) is 8.03. The molecule has 0 aromatic heterocycles. The van der Waals surface area contributed by atoms with Crippen molar-refractivity contribution >= 4 is 30.0 Å². The molecule has 0 spiro atoms. The second-order valence-corrected chi connectivity index (χ2v) is 7.76. The predicted molar refractivity (Wildman–Crippen MR) is 64.1 cm³/mol. The van der Waals surface area contributed by atoms with E-state index in [4.69, 9.17) is 0 Å². The molecule has 2 heteroatoms. The fourth-order valence-corrected chi connectivity index (χ4v) is 6.04. The SMILES string of the molecule is O=C1c2cccc[c]2[GeH2][c]2ccccc21. The van der Waals surface area contributed by atoms with E-state index < -0.39 is 15.4 Å². The van der Waals surface area contributed by atoms with Crippen molar-refractivity contribution in [3.05, 3.63) is 59.7 Å². The molecule has 0 saturated carbocycles. The third-order valence-electron chi connectivity index (χ3n) is 2.90. The van der Waals surface area contributed by atoms with Gasteiger partial charge in [-0.25, -0.2) is 0 Å². The van der Waals surface area contributed by atoms with E-state index in [0.717, 1.165) is 11.1 Å². The first kappa shape index (κ1) is 8.92. The summed E-state index contributed by atoms with van der Waals surface area (Å²) in [5.74, 6) is 0.207. The van der Waals surface area contributed by atoms with E-state index in [9.17, 15) is 4.79 Å². The van der Waals surface area contributed by atoms with Crippen molar-refractivity contribution in [1.82, 2.24) is 0 Å². The molecule has 1 nitrogen and oxygen atoms in total. The topological polar surface area (TPSA) is 17.1 Å². The summed E-state index contributed by atoms with van der Waals surface area (Å²) >= 11 is -0.910. The molecule has 0 unspecified atom stereocenters. The third-order valence-corrected chi connectivity index (χ3v) is 7.09. The number of rotatable bonds is 0. The van der Waals surface area contributed by atoms with Gasteiger partial charge in [0.2, 0.25) is 0 Å². The van der Waals surface area contributed by atoms with Gasteiger partial charge in [0.25, 0.3) is 0 Å². The molecular formula is C13H10GeO. The Balaban J connectivity index is 2.24. The maximum atomic E-state index is 12.1. The Morgan fingerprint density at radius 3 is 1.73 bits per heavy atom. The van der Waals surface area contributed by atoms with Crippen LogP contribution in [0.1, 0.15) is 15.9 Å². The van der Waals surface area contributed by atoms with Crippen molar-refractivity contribution < 1.29 is 4.79 Å². The Labute approximate surface area is 94.6 Å². The molecule has 2 aromatic carbocycles. The standard InChI is InChI=1S/C13H10GeO/c15-13-9-5-1-3-7-11(9)14-12-8-4-2-6-10(12)13/h1-8H,14H2. The molecule has 1 aliphatic rings. The van der Waals surface area contributed by atoms with Crippen LogP contribution in [-0.2, 0) is 0 Å². The minimum atomic E-state index is -0.910. The van der Waals surface area contributed by atoms with Gasteiger partial charge in [0.1, 0.15) is 0 Å². The van der Waals surface area contributed by atoms with E-state index in [1.54, 1.807) is 0 Å². The first-order chi connectivity index (χ1) is 7.36. The molecule has 0 radical (unpaired) electrons. The molecule has 1 heterocycles. The molecule has 0 amide bonds. The van der Waals surface area contributed by atoms with E-state index >= 15 is 0 Å². The Kier molecular flexibility index (Phi) is 1.99. The first-order valence-electron chi connectivity index (χ1n) is 5.07. The van der Waals surface area contributed by atoms with E-state index in [-0.39, 0.29) is 5.78 Å². The van der Waals surface area contributed by atoms with Crippen LogP contribution in [0.3, 0.4) is 0 Å². The Hall–Kier alpha value is -1.35. The van der Waals surface area contributed by atoms with Crippen molar-refractivity contribution in [2.45, 2.75) is 0 Å². The van der Waals surface area contributed by atoms with Crippen LogP contribution in [0.15, 0.2) is 48.5 Å².